The van der Waals surface area contributed by atoms with E-state index in [2.05, 4.69) is 5.10 Å². The summed E-state index contributed by atoms with van der Waals surface area (Å²) in [6, 6.07) is 0.199. The normalized spacial score (nSPS) is 17.1. The van der Waals surface area contributed by atoms with Crippen molar-refractivity contribution in [3.63, 3.8) is 0 Å². The number of rotatable bonds is 3. The largest absolute Gasteiger partial charge is 0.490 e. The Kier molecular flexibility index (Phi) is 4.05. The Hall–Kier alpha value is -1.03. The Balaban J connectivity index is 2.29. The number of hydrogen-bond acceptors (Lipinski definition) is 3. The van der Waals surface area contributed by atoms with E-state index in [0.29, 0.717) is 12.4 Å². The Bertz CT molecular complexity index is 439. The zero-order valence-corrected chi connectivity index (χ0v) is 10.7. The molecule has 0 aliphatic heterocycles. The van der Waals surface area contributed by atoms with Crippen molar-refractivity contribution in [1.29, 1.82) is 0 Å². The molecule has 1 fully saturated rings. The second-order valence-corrected chi connectivity index (χ2v) is 4.68. The summed E-state index contributed by atoms with van der Waals surface area (Å²) in [5.41, 5.74) is -0.232. The van der Waals surface area contributed by atoms with E-state index in [0.717, 1.165) is 25.7 Å². The van der Waals surface area contributed by atoms with Crippen molar-refractivity contribution in [2.24, 2.45) is 0 Å². The van der Waals surface area contributed by atoms with E-state index in [1.165, 1.54) is 11.1 Å². The van der Waals surface area contributed by atoms with Gasteiger partial charge in [-0.15, -0.1) is 0 Å². The first-order valence-electron chi connectivity index (χ1n) is 6.14. The molecule has 1 saturated carbocycles. The van der Waals surface area contributed by atoms with Gasteiger partial charge in [-0.05, 0) is 19.8 Å². The second-order valence-electron chi connectivity index (χ2n) is 4.30. The van der Waals surface area contributed by atoms with Gasteiger partial charge in [-0.3, -0.25) is 4.79 Å². The lowest BCUT2D eigenvalue weighted by atomic mass is 9.96. The van der Waals surface area contributed by atoms with Crippen LogP contribution in [0.2, 0.25) is 5.02 Å². The summed E-state index contributed by atoms with van der Waals surface area (Å²) in [4.78, 5) is 12.1. The van der Waals surface area contributed by atoms with Crippen LogP contribution in [0.5, 0.6) is 5.75 Å². The predicted molar refractivity (Wildman–Crippen MR) is 66.8 cm³/mol. The van der Waals surface area contributed by atoms with Gasteiger partial charge in [-0.2, -0.15) is 5.10 Å². The van der Waals surface area contributed by atoms with Gasteiger partial charge >= 0.3 is 0 Å². The topological polar surface area (TPSA) is 44.1 Å². The molecule has 0 N–H and O–H groups in total. The van der Waals surface area contributed by atoms with Crippen LogP contribution in [-0.2, 0) is 0 Å². The summed E-state index contributed by atoms with van der Waals surface area (Å²) >= 11 is 6.00. The minimum absolute atomic E-state index is 0.146. The SMILES string of the molecule is CCOc1cnn(C2CCCCC2)c(=O)c1Cl. The molecule has 1 heterocycles. The first kappa shape index (κ1) is 12.4. The highest BCUT2D eigenvalue weighted by molar-refractivity contribution is 6.31. The summed E-state index contributed by atoms with van der Waals surface area (Å²) in [5.74, 6) is 0.381. The van der Waals surface area contributed by atoms with Gasteiger partial charge < -0.3 is 4.74 Å². The summed E-state index contributed by atoms with van der Waals surface area (Å²) < 4.78 is 6.77. The highest BCUT2D eigenvalue weighted by atomic mass is 35.5. The standard InChI is InChI=1S/C12H17ClN2O2/c1-2-17-10-8-14-15(12(16)11(10)13)9-6-4-3-5-7-9/h8-9H,2-7H2,1H3. The molecule has 94 valence electrons. The van der Waals surface area contributed by atoms with E-state index in [1.54, 1.807) is 6.20 Å². The second kappa shape index (κ2) is 5.54. The molecule has 0 radical (unpaired) electrons. The fourth-order valence-electron chi connectivity index (χ4n) is 2.27. The fraction of sp³-hybridized carbons (Fsp3) is 0.667. The van der Waals surface area contributed by atoms with Crippen LogP contribution in [0.25, 0.3) is 0 Å². The van der Waals surface area contributed by atoms with E-state index in [1.807, 2.05) is 6.92 Å². The van der Waals surface area contributed by atoms with Crippen LogP contribution >= 0.6 is 11.6 Å². The average Bonchev–Trinajstić information content (AvgIpc) is 2.36. The van der Waals surface area contributed by atoms with Crippen LogP contribution in [-0.4, -0.2) is 16.4 Å². The molecular weight excluding hydrogens is 240 g/mol. The first-order valence-corrected chi connectivity index (χ1v) is 6.52. The lowest BCUT2D eigenvalue weighted by molar-refractivity contribution is 0.306. The van der Waals surface area contributed by atoms with E-state index in [-0.39, 0.29) is 16.6 Å². The summed E-state index contributed by atoms with van der Waals surface area (Å²) in [6.45, 7) is 2.33. The van der Waals surface area contributed by atoms with Gasteiger partial charge in [0.1, 0.15) is 0 Å². The third-order valence-electron chi connectivity index (χ3n) is 3.13. The van der Waals surface area contributed by atoms with Crippen LogP contribution in [0.3, 0.4) is 0 Å². The van der Waals surface area contributed by atoms with E-state index in [4.69, 9.17) is 16.3 Å². The Morgan fingerprint density at radius 2 is 2.18 bits per heavy atom. The molecule has 0 atom stereocenters. The van der Waals surface area contributed by atoms with Gasteiger partial charge in [0.25, 0.3) is 5.56 Å². The molecule has 0 saturated heterocycles. The Morgan fingerprint density at radius 1 is 1.47 bits per heavy atom. The number of aromatic nitrogens is 2. The third-order valence-corrected chi connectivity index (χ3v) is 3.48. The van der Waals surface area contributed by atoms with Gasteiger partial charge in [0.15, 0.2) is 10.8 Å². The molecule has 0 amide bonds. The lowest BCUT2D eigenvalue weighted by Gasteiger charge is -2.22. The van der Waals surface area contributed by atoms with Crippen LogP contribution in [0.1, 0.15) is 45.1 Å². The molecule has 5 heteroatoms. The van der Waals surface area contributed by atoms with Gasteiger partial charge in [0.05, 0.1) is 18.8 Å². The van der Waals surface area contributed by atoms with Crippen LogP contribution in [0, 0.1) is 0 Å². The maximum atomic E-state index is 12.1. The minimum atomic E-state index is -0.232. The highest BCUT2D eigenvalue weighted by Gasteiger charge is 2.19. The highest BCUT2D eigenvalue weighted by Crippen LogP contribution is 2.27. The van der Waals surface area contributed by atoms with Crippen molar-refractivity contribution in [1.82, 2.24) is 9.78 Å². The average molecular weight is 257 g/mol. The fourth-order valence-corrected chi connectivity index (χ4v) is 2.46. The van der Waals surface area contributed by atoms with Gasteiger partial charge in [-0.25, -0.2) is 4.68 Å². The molecule has 0 aromatic carbocycles. The van der Waals surface area contributed by atoms with Crippen molar-refractivity contribution in [3.05, 3.63) is 21.6 Å². The van der Waals surface area contributed by atoms with Crippen LogP contribution in [0.4, 0.5) is 0 Å². The van der Waals surface area contributed by atoms with E-state index in [9.17, 15) is 4.79 Å². The number of hydrogen-bond donors (Lipinski definition) is 0. The molecule has 0 unspecified atom stereocenters. The summed E-state index contributed by atoms with van der Waals surface area (Å²) in [7, 11) is 0. The van der Waals surface area contributed by atoms with E-state index < -0.39 is 0 Å². The molecule has 1 aliphatic carbocycles. The lowest BCUT2D eigenvalue weighted by Crippen LogP contribution is -2.29. The summed E-state index contributed by atoms with van der Waals surface area (Å²) in [6.07, 6.45) is 7.12. The molecule has 1 aromatic rings. The number of halogens is 1. The molecule has 17 heavy (non-hydrogen) atoms. The molecule has 4 nitrogen and oxygen atoms in total. The maximum absolute atomic E-state index is 12.1. The van der Waals surface area contributed by atoms with Gasteiger partial charge in [0.2, 0.25) is 0 Å². The van der Waals surface area contributed by atoms with Gasteiger partial charge in [-0.1, -0.05) is 30.9 Å². The first-order chi connectivity index (χ1) is 8.24. The molecule has 0 bridgehead atoms. The van der Waals surface area contributed by atoms with Crippen molar-refractivity contribution < 1.29 is 4.74 Å². The maximum Gasteiger partial charge on any atom is 0.289 e. The number of nitrogens with zero attached hydrogens (tertiary/aromatic N) is 2. The van der Waals surface area contributed by atoms with Gasteiger partial charge in [0, 0.05) is 0 Å². The summed E-state index contributed by atoms with van der Waals surface area (Å²) in [5, 5.41) is 4.32. The monoisotopic (exact) mass is 256 g/mol. The van der Waals surface area contributed by atoms with Crippen molar-refractivity contribution in [2.75, 3.05) is 6.61 Å². The zero-order chi connectivity index (χ0) is 12.3. The molecule has 1 aliphatic rings. The minimum Gasteiger partial charge on any atom is -0.490 e. The smallest absolute Gasteiger partial charge is 0.289 e. The van der Waals surface area contributed by atoms with Crippen LogP contribution in [0.15, 0.2) is 11.0 Å². The Labute approximate surface area is 106 Å². The van der Waals surface area contributed by atoms with E-state index >= 15 is 0 Å². The Morgan fingerprint density at radius 3 is 2.82 bits per heavy atom. The molecule has 0 spiro atoms. The molecular formula is C12H17ClN2O2. The van der Waals surface area contributed by atoms with Crippen LogP contribution < -0.4 is 10.3 Å². The van der Waals surface area contributed by atoms with Crippen molar-refractivity contribution in [2.45, 2.75) is 45.1 Å². The van der Waals surface area contributed by atoms with Crippen molar-refractivity contribution >= 4 is 11.6 Å². The zero-order valence-electron chi connectivity index (χ0n) is 9.99. The molecule has 1 aromatic heterocycles. The predicted octanol–water partition coefficient (Wildman–Crippen LogP) is 2.80. The molecule has 2 rings (SSSR count). The van der Waals surface area contributed by atoms with Crippen molar-refractivity contribution in [3.8, 4) is 5.75 Å². The number of ether oxygens (including phenoxy) is 1. The third kappa shape index (κ3) is 2.63. The quantitative estimate of drug-likeness (QED) is 0.835.